The van der Waals surface area contributed by atoms with Crippen LogP contribution in [0.2, 0.25) is 0 Å². The number of rotatable bonds is 12. The Balaban J connectivity index is 1.81. The van der Waals surface area contributed by atoms with Crippen LogP contribution in [0.25, 0.3) is 0 Å². The summed E-state index contributed by atoms with van der Waals surface area (Å²) in [7, 11) is 0. The highest BCUT2D eigenvalue weighted by atomic mass is 16.6. The van der Waals surface area contributed by atoms with Crippen molar-refractivity contribution >= 4 is 24.3 Å². The van der Waals surface area contributed by atoms with Gasteiger partial charge < -0.3 is 24.4 Å². The lowest BCUT2D eigenvalue weighted by Gasteiger charge is -2.31. The zero-order valence-corrected chi connectivity index (χ0v) is 20.6. The molecule has 1 heterocycles. The van der Waals surface area contributed by atoms with Gasteiger partial charge in [-0.3, -0.25) is 4.79 Å². The van der Waals surface area contributed by atoms with Crippen LogP contribution < -0.4 is 5.32 Å². The van der Waals surface area contributed by atoms with Crippen LogP contribution in [0, 0.1) is 5.92 Å². The van der Waals surface area contributed by atoms with Crippen molar-refractivity contribution in [3.05, 3.63) is 35.9 Å². The lowest BCUT2D eigenvalue weighted by molar-refractivity contribution is -0.160. The highest BCUT2D eigenvalue weighted by molar-refractivity contribution is 5.88. The zero-order valence-electron chi connectivity index (χ0n) is 20.6. The number of urea groups is 1. The maximum absolute atomic E-state index is 12.8. The smallest absolute Gasteiger partial charge is 0.407 e. The van der Waals surface area contributed by atoms with Crippen LogP contribution >= 0.6 is 0 Å². The van der Waals surface area contributed by atoms with Gasteiger partial charge >= 0.3 is 18.1 Å². The van der Waals surface area contributed by atoms with Gasteiger partial charge in [-0.15, -0.1) is 0 Å². The number of aliphatic imine (C=N–C) groups is 1. The van der Waals surface area contributed by atoms with Gasteiger partial charge in [-0.2, -0.15) is 0 Å². The molecule has 0 saturated heterocycles. The summed E-state index contributed by atoms with van der Waals surface area (Å²) in [5.74, 6) is -0.846. The van der Waals surface area contributed by atoms with Gasteiger partial charge in [0.25, 0.3) is 0 Å². The van der Waals surface area contributed by atoms with Crippen molar-refractivity contribution < 1.29 is 28.6 Å². The Morgan fingerprint density at radius 2 is 1.94 bits per heavy atom. The van der Waals surface area contributed by atoms with Gasteiger partial charge in [0.15, 0.2) is 0 Å². The summed E-state index contributed by atoms with van der Waals surface area (Å²) in [6.07, 6.45) is 2.59. The van der Waals surface area contributed by atoms with Gasteiger partial charge in [-0.05, 0) is 46.1 Å². The molecule has 2 atom stereocenters. The maximum Gasteiger partial charge on any atom is 0.407 e. The molecular formula is C25H37N3O6. The number of hydrogen-bond acceptors (Lipinski definition) is 6. The summed E-state index contributed by atoms with van der Waals surface area (Å²) in [5.41, 5.74) is 0.290. The SMILES string of the molecule is CCOC1C=NC(=O)N(CC(CCCCNC(=O)OCc2ccccc2)C(=O)OC(C)(C)C)C1. The molecular weight excluding hydrogens is 438 g/mol. The predicted octanol–water partition coefficient (Wildman–Crippen LogP) is 3.95. The number of nitrogens with one attached hydrogen (secondary N) is 1. The summed E-state index contributed by atoms with van der Waals surface area (Å²) in [6.45, 7) is 9.03. The first kappa shape index (κ1) is 27.3. The number of hydrogen-bond donors (Lipinski definition) is 1. The number of alkyl carbamates (subject to hydrolysis) is 1. The quantitative estimate of drug-likeness (QED) is 0.362. The zero-order chi connectivity index (χ0) is 25.0. The van der Waals surface area contributed by atoms with E-state index >= 15 is 0 Å². The fraction of sp³-hybridized carbons (Fsp3) is 0.600. The van der Waals surface area contributed by atoms with Crippen molar-refractivity contribution in [1.29, 1.82) is 0 Å². The number of unbranched alkanes of at least 4 members (excludes halogenated alkanes) is 1. The second-order valence-corrected chi connectivity index (χ2v) is 9.17. The fourth-order valence-corrected chi connectivity index (χ4v) is 3.45. The van der Waals surface area contributed by atoms with Crippen LogP contribution in [0.3, 0.4) is 0 Å². The Morgan fingerprint density at radius 3 is 2.62 bits per heavy atom. The first-order valence-electron chi connectivity index (χ1n) is 11.8. The first-order chi connectivity index (χ1) is 16.2. The normalized spacial score (nSPS) is 16.8. The molecule has 1 aromatic rings. The van der Waals surface area contributed by atoms with E-state index < -0.39 is 17.6 Å². The first-order valence-corrected chi connectivity index (χ1v) is 11.8. The minimum Gasteiger partial charge on any atom is -0.460 e. The van der Waals surface area contributed by atoms with E-state index in [0.29, 0.717) is 39.0 Å². The second kappa shape index (κ2) is 13.7. The highest BCUT2D eigenvalue weighted by Crippen LogP contribution is 2.19. The minimum atomic E-state index is -0.628. The number of ether oxygens (including phenoxy) is 3. The predicted molar refractivity (Wildman–Crippen MR) is 129 cm³/mol. The molecule has 1 aromatic carbocycles. The molecule has 9 heteroatoms. The molecule has 0 saturated carbocycles. The molecule has 0 spiro atoms. The lowest BCUT2D eigenvalue weighted by atomic mass is 10.00. The van der Waals surface area contributed by atoms with Gasteiger partial charge in [-0.25, -0.2) is 14.6 Å². The van der Waals surface area contributed by atoms with E-state index in [-0.39, 0.29) is 31.3 Å². The Labute approximate surface area is 201 Å². The average Bonchev–Trinajstić information content (AvgIpc) is 2.78. The number of nitrogens with zero attached hydrogens (tertiary/aromatic N) is 2. The standard InChI is InChI=1S/C25H37N3O6/c1-5-32-21-15-27-23(30)28(17-21)16-20(22(29)34-25(2,3)4)13-9-10-14-26-24(31)33-18-19-11-7-6-8-12-19/h6-8,11-12,15,20-21H,5,9-10,13-14,16-18H2,1-4H3,(H,26,31). The van der Waals surface area contributed by atoms with Gasteiger partial charge in [0, 0.05) is 25.9 Å². The van der Waals surface area contributed by atoms with Crippen LogP contribution in [0.1, 0.15) is 52.5 Å². The molecule has 0 radical (unpaired) electrons. The van der Waals surface area contributed by atoms with Crippen molar-refractivity contribution in [2.24, 2.45) is 10.9 Å². The number of esters is 1. The van der Waals surface area contributed by atoms with E-state index in [4.69, 9.17) is 14.2 Å². The number of carbonyl (C=O) groups is 3. The Bertz CT molecular complexity index is 822. The molecule has 0 aromatic heterocycles. The molecule has 9 nitrogen and oxygen atoms in total. The van der Waals surface area contributed by atoms with E-state index in [9.17, 15) is 14.4 Å². The Hall–Kier alpha value is -2.94. The molecule has 3 amide bonds. The Kier molecular flexibility index (Phi) is 11.0. The van der Waals surface area contributed by atoms with Crippen molar-refractivity contribution in [2.45, 2.75) is 65.3 Å². The summed E-state index contributed by atoms with van der Waals surface area (Å²) < 4.78 is 16.3. The molecule has 2 rings (SSSR count). The molecule has 1 aliphatic rings. The van der Waals surface area contributed by atoms with E-state index in [1.54, 1.807) is 0 Å². The molecule has 1 N–H and O–H groups in total. The molecule has 0 bridgehead atoms. The van der Waals surface area contributed by atoms with E-state index in [0.717, 1.165) is 5.56 Å². The topological polar surface area (TPSA) is 107 Å². The van der Waals surface area contributed by atoms with Crippen molar-refractivity contribution in [1.82, 2.24) is 10.2 Å². The maximum atomic E-state index is 12.8. The van der Waals surface area contributed by atoms with Crippen LogP contribution in [-0.4, -0.2) is 67.2 Å². The molecule has 2 unspecified atom stereocenters. The largest absolute Gasteiger partial charge is 0.460 e. The second-order valence-electron chi connectivity index (χ2n) is 9.17. The number of carbonyl (C=O) groups excluding carboxylic acids is 3. The molecule has 188 valence electrons. The van der Waals surface area contributed by atoms with Crippen molar-refractivity contribution in [3.63, 3.8) is 0 Å². The van der Waals surface area contributed by atoms with E-state index in [1.165, 1.54) is 11.1 Å². The third kappa shape index (κ3) is 10.3. The highest BCUT2D eigenvalue weighted by Gasteiger charge is 2.31. The van der Waals surface area contributed by atoms with Gasteiger partial charge in [-0.1, -0.05) is 36.8 Å². The fourth-order valence-electron chi connectivity index (χ4n) is 3.45. The summed E-state index contributed by atoms with van der Waals surface area (Å²) in [5, 5.41) is 2.72. The number of benzene rings is 1. The van der Waals surface area contributed by atoms with E-state index in [1.807, 2.05) is 58.0 Å². The molecule has 34 heavy (non-hydrogen) atoms. The average molecular weight is 476 g/mol. The minimum absolute atomic E-state index is 0.210. The van der Waals surface area contributed by atoms with Crippen LogP contribution in [0.15, 0.2) is 35.3 Å². The lowest BCUT2D eigenvalue weighted by Crippen LogP contribution is -2.46. The molecule has 0 aliphatic carbocycles. The van der Waals surface area contributed by atoms with Crippen molar-refractivity contribution in [3.8, 4) is 0 Å². The summed E-state index contributed by atoms with van der Waals surface area (Å²) in [6, 6.07) is 9.07. The summed E-state index contributed by atoms with van der Waals surface area (Å²) in [4.78, 5) is 42.4. The van der Waals surface area contributed by atoms with Crippen LogP contribution in [0.4, 0.5) is 9.59 Å². The van der Waals surface area contributed by atoms with Crippen molar-refractivity contribution in [2.75, 3.05) is 26.2 Å². The van der Waals surface area contributed by atoms with Gasteiger partial charge in [0.05, 0.1) is 12.5 Å². The molecule has 0 fully saturated rings. The molecule has 1 aliphatic heterocycles. The third-order valence-electron chi connectivity index (χ3n) is 5.05. The van der Waals surface area contributed by atoms with Gasteiger partial charge in [0.1, 0.15) is 18.3 Å². The van der Waals surface area contributed by atoms with Gasteiger partial charge in [0.2, 0.25) is 0 Å². The summed E-state index contributed by atoms with van der Waals surface area (Å²) >= 11 is 0. The van der Waals surface area contributed by atoms with E-state index in [2.05, 4.69) is 10.3 Å². The van der Waals surface area contributed by atoms with Crippen LogP contribution in [-0.2, 0) is 25.6 Å². The monoisotopic (exact) mass is 475 g/mol. The number of amides is 3. The third-order valence-corrected chi connectivity index (χ3v) is 5.05. The Morgan fingerprint density at radius 1 is 1.21 bits per heavy atom. The van der Waals surface area contributed by atoms with Crippen LogP contribution in [0.5, 0.6) is 0 Å².